The molecule has 1 aromatic rings. The predicted octanol–water partition coefficient (Wildman–Crippen LogP) is 4.24. The zero-order valence-electron chi connectivity index (χ0n) is 19.2. The molecule has 2 bridgehead atoms. The maximum absolute atomic E-state index is 12.4. The van der Waals surface area contributed by atoms with E-state index in [0.717, 1.165) is 11.3 Å². The van der Waals surface area contributed by atoms with Crippen LogP contribution in [0.25, 0.3) is 0 Å². The topological polar surface area (TPSA) is 82.1 Å². The third kappa shape index (κ3) is 7.55. The summed E-state index contributed by atoms with van der Waals surface area (Å²) in [5, 5.41) is 10.3. The van der Waals surface area contributed by atoms with Crippen LogP contribution in [0.2, 0.25) is 0 Å². The van der Waals surface area contributed by atoms with Gasteiger partial charge in [-0.3, -0.25) is 4.79 Å². The summed E-state index contributed by atoms with van der Waals surface area (Å²) in [7, 11) is 1.64. The van der Waals surface area contributed by atoms with Gasteiger partial charge in [-0.25, -0.2) is 4.79 Å². The second kappa shape index (κ2) is 12.3. The molecule has 0 unspecified atom stereocenters. The second-order valence-corrected chi connectivity index (χ2v) is 8.44. The Morgan fingerprint density at radius 3 is 2.55 bits per heavy atom. The fourth-order valence-corrected chi connectivity index (χ4v) is 3.78. The first-order chi connectivity index (χ1) is 16.0. The van der Waals surface area contributed by atoms with Crippen molar-refractivity contribution in [3.8, 4) is 5.75 Å². The lowest BCUT2D eigenvalue weighted by Crippen LogP contribution is -2.34. The Bertz CT molecular complexity index is 904. The molecule has 1 aliphatic carbocycles. The summed E-state index contributed by atoms with van der Waals surface area (Å²) < 4.78 is 16.8. The van der Waals surface area contributed by atoms with Crippen LogP contribution < -0.4 is 4.74 Å². The van der Waals surface area contributed by atoms with Crippen LogP contribution in [-0.4, -0.2) is 42.3 Å². The molecule has 0 spiro atoms. The van der Waals surface area contributed by atoms with Crippen LogP contribution in [0.15, 0.2) is 72.4 Å². The van der Waals surface area contributed by atoms with Crippen molar-refractivity contribution in [2.45, 2.75) is 57.5 Å². The zero-order valence-corrected chi connectivity index (χ0v) is 19.2. The van der Waals surface area contributed by atoms with Gasteiger partial charge in [0.25, 0.3) is 0 Å². The molecule has 1 saturated heterocycles. The maximum Gasteiger partial charge on any atom is 0.342 e. The number of carbonyl (C=O) groups is 2. The fourth-order valence-electron chi connectivity index (χ4n) is 3.78. The molecular formula is C27H32O6. The maximum atomic E-state index is 12.4. The van der Waals surface area contributed by atoms with Crippen LogP contribution in [0.1, 0.15) is 38.2 Å². The quantitative estimate of drug-likeness (QED) is 0.544. The number of methoxy groups -OCH3 is 1. The van der Waals surface area contributed by atoms with Crippen molar-refractivity contribution >= 4 is 11.8 Å². The highest BCUT2D eigenvalue weighted by molar-refractivity contribution is 6.19. The summed E-state index contributed by atoms with van der Waals surface area (Å²) in [5.74, 6) is 0.0870. The first kappa shape index (κ1) is 24.7. The van der Waals surface area contributed by atoms with Gasteiger partial charge in [0.2, 0.25) is 0 Å². The van der Waals surface area contributed by atoms with Gasteiger partial charge in [0.15, 0.2) is 5.78 Å². The second-order valence-electron chi connectivity index (χ2n) is 8.44. The molecule has 3 aliphatic rings. The van der Waals surface area contributed by atoms with Gasteiger partial charge < -0.3 is 19.3 Å². The van der Waals surface area contributed by atoms with Crippen LogP contribution in [0.5, 0.6) is 5.75 Å². The minimum absolute atomic E-state index is 0.0565. The summed E-state index contributed by atoms with van der Waals surface area (Å²) >= 11 is 0. The number of allylic oxidation sites excluding steroid dienone is 5. The number of benzene rings is 1. The molecular weight excluding hydrogens is 420 g/mol. The predicted molar refractivity (Wildman–Crippen MR) is 126 cm³/mol. The molecule has 1 fully saturated rings. The number of ether oxygens (including phenoxy) is 3. The Morgan fingerprint density at radius 2 is 1.82 bits per heavy atom. The van der Waals surface area contributed by atoms with E-state index in [-0.39, 0.29) is 36.2 Å². The van der Waals surface area contributed by atoms with E-state index in [4.69, 9.17) is 14.2 Å². The van der Waals surface area contributed by atoms with Crippen LogP contribution in [0.4, 0.5) is 0 Å². The summed E-state index contributed by atoms with van der Waals surface area (Å²) in [5.41, 5.74) is 1.10. The van der Waals surface area contributed by atoms with E-state index in [1.165, 1.54) is 6.08 Å². The number of hydrogen-bond donors (Lipinski definition) is 1. The van der Waals surface area contributed by atoms with Crippen molar-refractivity contribution in [3.05, 3.63) is 77.9 Å². The first-order valence-electron chi connectivity index (χ1n) is 11.3. The number of hydrogen-bond acceptors (Lipinski definition) is 6. The van der Waals surface area contributed by atoms with Gasteiger partial charge in [-0.2, -0.15) is 0 Å². The number of ketones is 1. The molecule has 0 amide bonds. The van der Waals surface area contributed by atoms with Crippen molar-refractivity contribution in [1.29, 1.82) is 0 Å². The van der Waals surface area contributed by atoms with Crippen molar-refractivity contribution in [2.75, 3.05) is 7.11 Å². The van der Waals surface area contributed by atoms with E-state index in [0.29, 0.717) is 19.4 Å². The fraction of sp³-hybridized carbons (Fsp3) is 0.407. The van der Waals surface area contributed by atoms with Crippen molar-refractivity contribution in [3.63, 3.8) is 0 Å². The molecule has 4 rings (SSSR count). The van der Waals surface area contributed by atoms with Crippen LogP contribution >= 0.6 is 0 Å². The lowest BCUT2D eigenvalue weighted by atomic mass is 9.96. The SMILES string of the molecule is COc1ccc(CO[C@@H]2/C=C\C=C\C[C@@H](O)C[C@@H]3CC(=O)/C(=C\C=C\C[C@H]2C)C(=O)O3)cc1. The molecule has 1 aromatic carbocycles. The van der Waals surface area contributed by atoms with Gasteiger partial charge in [0, 0.05) is 12.8 Å². The lowest BCUT2D eigenvalue weighted by Gasteiger charge is -2.24. The van der Waals surface area contributed by atoms with Crippen molar-refractivity contribution in [2.24, 2.45) is 5.92 Å². The molecule has 0 radical (unpaired) electrons. The van der Waals surface area contributed by atoms with E-state index in [9.17, 15) is 14.7 Å². The molecule has 33 heavy (non-hydrogen) atoms. The molecule has 6 nitrogen and oxygen atoms in total. The number of aliphatic hydroxyl groups excluding tert-OH is 1. The number of fused-ring (bicyclic) bond motifs is 11. The Kier molecular flexibility index (Phi) is 9.22. The van der Waals surface area contributed by atoms with E-state index >= 15 is 0 Å². The van der Waals surface area contributed by atoms with Crippen molar-refractivity contribution in [1.82, 2.24) is 0 Å². The van der Waals surface area contributed by atoms with Gasteiger partial charge >= 0.3 is 5.97 Å². The Labute approximate surface area is 195 Å². The number of aliphatic hydroxyl groups is 1. The van der Waals surface area contributed by atoms with Crippen LogP contribution in [0, 0.1) is 5.92 Å². The molecule has 176 valence electrons. The monoisotopic (exact) mass is 452 g/mol. The average Bonchev–Trinajstić information content (AvgIpc) is 2.79. The lowest BCUT2D eigenvalue weighted by molar-refractivity contribution is -0.152. The largest absolute Gasteiger partial charge is 0.497 e. The summed E-state index contributed by atoms with van der Waals surface area (Å²) in [4.78, 5) is 24.6. The van der Waals surface area contributed by atoms with Gasteiger partial charge in [0.05, 0.1) is 25.9 Å². The number of esters is 1. The smallest absolute Gasteiger partial charge is 0.342 e. The van der Waals surface area contributed by atoms with E-state index < -0.39 is 18.2 Å². The zero-order chi connectivity index (χ0) is 23.6. The Morgan fingerprint density at radius 1 is 1.06 bits per heavy atom. The first-order valence-corrected chi connectivity index (χ1v) is 11.3. The van der Waals surface area contributed by atoms with Gasteiger partial charge in [-0.15, -0.1) is 0 Å². The third-order valence-electron chi connectivity index (χ3n) is 5.77. The number of rotatable bonds is 4. The molecule has 0 aromatic heterocycles. The molecule has 2 heterocycles. The normalized spacial score (nSPS) is 31.1. The van der Waals surface area contributed by atoms with Gasteiger partial charge in [-0.1, -0.05) is 55.5 Å². The van der Waals surface area contributed by atoms with E-state index in [1.807, 2.05) is 54.6 Å². The summed E-state index contributed by atoms with van der Waals surface area (Å²) in [6.45, 7) is 2.55. The summed E-state index contributed by atoms with van der Waals surface area (Å²) in [6, 6.07) is 7.77. The van der Waals surface area contributed by atoms with Crippen molar-refractivity contribution < 1.29 is 28.9 Å². The highest BCUT2D eigenvalue weighted by atomic mass is 16.5. The average molecular weight is 453 g/mol. The molecule has 1 N–H and O–H groups in total. The van der Waals surface area contributed by atoms with E-state index in [1.54, 1.807) is 13.2 Å². The molecule has 4 atom stereocenters. The minimum atomic E-state index is -0.692. The highest BCUT2D eigenvalue weighted by Crippen LogP contribution is 2.22. The Hall–Kier alpha value is -2.96. The standard InChI is InChI=1S/C27H32O6/c1-19-8-6-7-10-24-25(29)17-23(33-27(24)30)16-21(28)9-4-3-5-11-26(19)32-18-20-12-14-22(31-2)15-13-20/h3-7,10-15,19,21,23,26,28H,8-9,16-18H2,1-2H3/b4-3+,7-6+,11-5-,24-10+/t19-,21-,23-,26-/m1/s1. The van der Waals surface area contributed by atoms with Gasteiger partial charge in [-0.05, 0) is 42.5 Å². The number of carbonyl (C=O) groups excluding carboxylic acids is 2. The molecule has 0 saturated carbocycles. The number of Topliss-reactive ketones (excluding diaryl/α,β-unsaturated/α-hetero) is 1. The van der Waals surface area contributed by atoms with Crippen LogP contribution in [0.3, 0.4) is 0 Å². The highest BCUT2D eigenvalue weighted by Gasteiger charge is 2.32. The Balaban J connectivity index is 1.73. The van der Waals surface area contributed by atoms with E-state index in [2.05, 4.69) is 6.92 Å². The minimum Gasteiger partial charge on any atom is -0.497 e. The molecule has 6 heteroatoms. The summed E-state index contributed by atoms with van der Waals surface area (Å²) in [6.07, 6.45) is 12.9. The third-order valence-corrected chi connectivity index (χ3v) is 5.77. The van der Waals surface area contributed by atoms with Gasteiger partial charge in [0.1, 0.15) is 17.4 Å². The van der Waals surface area contributed by atoms with Crippen LogP contribution in [-0.2, 0) is 25.7 Å². The molecule has 2 aliphatic heterocycles.